The molecule has 0 saturated heterocycles. The van der Waals surface area contributed by atoms with Gasteiger partial charge in [-0.3, -0.25) is 4.79 Å². The maximum Gasteiger partial charge on any atom is 0.167 e. The number of aromatic nitrogens is 2. The van der Waals surface area contributed by atoms with E-state index in [1.165, 1.54) is 4.90 Å². The van der Waals surface area contributed by atoms with E-state index in [2.05, 4.69) is 9.97 Å². The van der Waals surface area contributed by atoms with Crippen molar-refractivity contribution in [1.82, 2.24) is 9.97 Å². The first-order valence-corrected chi connectivity index (χ1v) is 5.54. The summed E-state index contributed by atoms with van der Waals surface area (Å²) in [6.45, 7) is 0. The molecule has 0 bridgehead atoms. The van der Waals surface area contributed by atoms with Gasteiger partial charge in [0.2, 0.25) is 0 Å². The van der Waals surface area contributed by atoms with Crippen LogP contribution in [-0.4, -0.2) is 16.3 Å². The van der Waals surface area contributed by atoms with Crippen molar-refractivity contribution in [3.8, 4) is 0 Å². The van der Waals surface area contributed by atoms with Crippen LogP contribution in [-0.2, 0) is 5.75 Å². The summed E-state index contributed by atoms with van der Waals surface area (Å²) >= 11 is 1.69. The van der Waals surface area contributed by atoms with Crippen LogP contribution in [0, 0.1) is 0 Å². The van der Waals surface area contributed by atoms with Crippen molar-refractivity contribution in [2.24, 2.45) is 0 Å². The molecule has 0 aliphatic heterocycles. The quantitative estimate of drug-likeness (QED) is 0.633. The second kappa shape index (κ2) is 4.79. The molecule has 1 N–H and O–H groups in total. The van der Waals surface area contributed by atoms with Crippen molar-refractivity contribution in [2.75, 3.05) is 0 Å². The van der Waals surface area contributed by atoms with Crippen molar-refractivity contribution >= 4 is 18.0 Å². The molecule has 1 aromatic heterocycles. The summed E-state index contributed by atoms with van der Waals surface area (Å²) in [4.78, 5) is 18.6. The first-order valence-electron chi connectivity index (χ1n) is 4.55. The van der Waals surface area contributed by atoms with Gasteiger partial charge in [0.1, 0.15) is 5.82 Å². The number of rotatable bonds is 4. The molecule has 2 rings (SSSR count). The van der Waals surface area contributed by atoms with Crippen LogP contribution in [0.15, 0.2) is 41.4 Å². The van der Waals surface area contributed by atoms with E-state index in [1.54, 1.807) is 18.0 Å². The number of hydrogen-bond donors (Lipinski definition) is 1. The highest BCUT2D eigenvalue weighted by Crippen LogP contribution is 2.20. The van der Waals surface area contributed by atoms with Gasteiger partial charge in [0.15, 0.2) is 6.29 Å². The fraction of sp³-hybridized carbons (Fsp3) is 0.0909. The molecule has 0 unspecified atom stereocenters. The number of thioether (sulfide) groups is 1. The lowest BCUT2D eigenvalue weighted by Gasteiger charge is -1.97. The number of benzene rings is 1. The summed E-state index contributed by atoms with van der Waals surface area (Å²) in [5.74, 6) is 1.57. The lowest BCUT2D eigenvalue weighted by molar-refractivity contribution is 0.111. The van der Waals surface area contributed by atoms with Crippen molar-refractivity contribution in [1.29, 1.82) is 0 Å². The van der Waals surface area contributed by atoms with Gasteiger partial charge in [-0.25, -0.2) is 4.98 Å². The van der Waals surface area contributed by atoms with Crippen LogP contribution in [0.25, 0.3) is 0 Å². The van der Waals surface area contributed by atoms with Crippen molar-refractivity contribution in [3.05, 3.63) is 48.0 Å². The van der Waals surface area contributed by atoms with Gasteiger partial charge >= 0.3 is 0 Å². The first-order chi connectivity index (χ1) is 7.38. The molecule has 0 fully saturated rings. The van der Waals surface area contributed by atoms with Crippen LogP contribution in [0.4, 0.5) is 0 Å². The minimum atomic E-state index is 0.527. The molecule has 1 aromatic carbocycles. The molecule has 0 aliphatic rings. The molecule has 3 nitrogen and oxygen atoms in total. The van der Waals surface area contributed by atoms with Gasteiger partial charge in [-0.15, -0.1) is 11.8 Å². The zero-order valence-corrected chi connectivity index (χ0v) is 8.83. The van der Waals surface area contributed by atoms with E-state index in [-0.39, 0.29) is 0 Å². The van der Waals surface area contributed by atoms with Crippen LogP contribution in [0.3, 0.4) is 0 Å². The third-order valence-electron chi connectivity index (χ3n) is 1.89. The summed E-state index contributed by atoms with van der Waals surface area (Å²) < 4.78 is 0. The Morgan fingerprint density at radius 3 is 2.80 bits per heavy atom. The van der Waals surface area contributed by atoms with Gasteiger partial charge in [0.05, 0.1) is 17.6 Å². The molecule has 4 heteroatoms. The first kappa shape index (κ1) is 9.98. The molecule has 1 heterocycles. The molecule has 0 radical (unpaired) electrons. The second-order valence-corrected chi connectivity index (χ2v) is 4.05. The van der Waals surface area contributed by atoms with Crippen LogP contribution in [0.2, 0.25) is 0 Å². The Labute approximate surface area is 91.9 Å². The average molecular weight is 218 g/mol. The Morgan fingerprint density at radius 1 is 1.33 bits per heavy atom. The number of nitrogens with one attached hydrogen (secondary N) is 1. The third-order valence-corrected chi connectivity index (χ3v) is 2.92. The maximum absolute atomic E-state index is 10.4. The highest BCUT2D eigenvalue weighted by Gasteiger charge is 2.00. The third kappa shape index (κ3) is 2.70. The number of nitrogens with zero attached hydrogens (tertiary/aromatic N) is 1. The fourth-order valence-electron chi connectivity index (χ4n) is 1.18. The minimum absolute atomic E-state index is 0.527. The van der Waals surface area contributed by atoms with Crippen LogP contribution >= 0.6 is 11.8 Å². The maximum atomic E-state index is 10.4. The lowest BCUT2D eigenvalue weighted by atomic mass is 10.4. The van der Waals surface area contributed by atoms with E-state index in [9.17, 15) is 4.79 Å². The van der Waals surface area contributed by atoms with E-state index >= 15 is 0 Å². The number of carbonyl (C=O) groups is 1. The highest BCUT2D eigenvalue weighted by molar-refractivity contribution is 7.98. The zero-order chi connectivity index (χ0) is 10.5. The normalized spacial score (nSPS) is 10.1. The number of aromatic amines is 1. The minimum Gasteiger partial charge on any atom is -0.339 e. The molecule has 0 saturated carbocycles. The summed E-state index contributed by atoms with van der Waals surface area (Å²) in [5.41, 5.74) is 0.527. The van der Waals surface area contributed by atoms with Crippen molar-refractivity contribution in [3.63, 3.8) is 0 Å². The molecular weight excluding hydrogens is 208 g/mol. The molecular formula is C11H10N2OS. The molecule has 15 heavy (non-hydrogen) atoms. The smallest absolute Gasteiger partial charge is 0.167 e. The molecule has 0 aliphatic carbocycles. The summed E-state index contributed by atoms with van der Waals surface area (Å²) in [6.07, 6.45) is 2.32. The SMILES string of the molecule is O=Cc1cnc(CSc2ccccc2)[nH]1. The predicted octanol–water partition coefficient (Wildman–Crippen LogP) is 2.51. The summed E-state index contributed by atoms with van der Waals surface area (Å²) in [7, 11) is 0. The zero-order valence-electron chi connectivity index (χ0n) is 8.01. The van der Waals surface area contributed by atoms with E-state index in [0.29, 0.717) is 5.69 Å². The van der Waals surface area contributed by atoms with Crippen LogP contribution in [0.1, 0.15) is 16.3 Å². The molecule has 76 valence electrons. The van der Waals surface area contributed by atoms with Gasteiger partial charge in [0, 0.05) is 4.90 Å². The van der Waals surface area contributed by atoms with E-state index in [4.69, 9.17) is 0 Å². The van der Waals surface area contributed by atoms with E-state index in [0.717, 1.165) is 17.9 Å². The molecule has 0 spiro atoms. The molecule has 0 amide bonds. The Bertz CT molecular complexity index is 439. The second-order valence-electron chi connectivity index (χ2n) is 3.00. The van der Waals surface area contributed by atoms with Gasteiger partial charge in [-0.05, 0) is 12.1 Å². The Hall–Kier alpha value is -1.55. The van der Waals surface area contributed by atoms with Crippen LogP contribution < -0.4 is 0 Å². The fourth-order valence-corrected chi connectivity index (χ4v) is 1.98. The van der Waals surface area contributed by atoms with Crippen molar-refractivity contribution < 1.29 is 4.79 Å². The number of hydrogen-bond acceptors (Lipinski definition) is 3. The van der Waals surface area contributed by atoms with E-state index < -0.39 is 0 Å². The summed E-state index contributed by atoms with van der Waals surface area (Å²) in [6, 6.07) is 10.1. The summed E-state index contributed by atoms with van der Waals surface area (Å²) in [5, 5.41) is 0. The lowest BCUT2D eigenvalue weighted by Crippen LogP contribution is -1.84. The monoisotopic (exact) mass is 218 g/mol. The average Bonchev–Trinajstić information content (AvgIpc) is 2.76. The topological polar surface area (TPSA) is 45.8 Å². The molecule has 2 aromatic rings. The van der Waals surface area contributed by atoms with Crippen molar-refractivity contribution in [2.45, 2.75) is 10.6 Å². The number of imidazole rings is 1. The largest absolute Gasteiger partial charge is 0.339 e. The van der Waals surface area contributed by atoms with Gasteiger partial charge in [-0.1, -0.05) is 18.2 Å². The molecule has 0 atom stereocenters. The van der Waals surface area contributed by atoms with Crippen LogP contribution in [0.5, 0.6) is 0 Å². The number of carbonyl (C=O) groups excluding carboxylic acids is 1. The van der Waals surface area contributed by atoms with Gasteiger partial charge < -0.3 is 4.98 Å². The Balaban J connectivity index is 1.96. The number of aldehydes is 1. The Kier molecular flexibility index (Phi) is 3.19. The highest BCUT2D eigenvalue weighted by atomic mass is 32.2. The number of H-pyrrole nitrogens is 1. The standard InChI is InChI=1S/C11H10N2OS/c14-7-9-6-12-11(13-9)8-15-10-4-2-1-3-5-10/h1-7H,8H2,(H,12,13). The predicted molar refractivity (Wildman–Crippen MR) is 60.0 cm³/mol. The van der Waals surface area contributed by atoms with Gasteiger partial charge in [-0.2, -0.15) is 0 Å². The Morgan fingerprint density at radius 2 is 2.13 bits per heavy atom. The van der Waals surface area contributed by atoms with E-state index in [1.807, 2.05) is 30.3 Å². The van der Waals surface area contributed by atoms with Gasteiger partial charge in [0.25, 0.3) is 0 Å².